The first-order valence-electron chi connectivity index (χ1n) is 6.37. The highest BCUT2D eigenvalue weighted by Gasteiger charge is 2.39. The van der Waals surface area contributed by atoms with E-state index in [0.717, 1.165) is 12.1 Å². The van der Waals surface area contributed by atoms with Gasteiger partial charge in [0, 0.05) is 13.5 Å². The Kier molecular flexibility index (Phi) is 3.93. The molecule has 1 aliphatic rings. The molecule has 1 aromatic carbocycles. The summed E-state index contributed by atoms with van der Waals surface area (Å²) in [5, 5.41) is 9.24. The van der Waals surface area contributed by atoms with Crippen molar-refractivity contribution >= 4 is 11.9 Å². The first-order chi connectivity index (χ1) is 9.71. The van der Waals surface area contributed by atoms with Gasteiger partial charge in [-0.2, -0.15) is 13.2 Å². The van der Waals surface area contributed by atoms with E-state index in [1.807, 2.05) is 0 Å². The van der Waals surface area contributed by atoms with E-state index < -0.39 is 29.7 Å². The van der Waals surface area contributed by atoms with Crippen LogP contribution in [-0.4, -0.2) is 28.9 Å². The second-order valence-corrected chi connectivity index (χ2v) is 5.05. The fourth-order valence-electron chi connectivity index (χ4n) is 2.62. The summed E-state index contributed by atoms with van der Waals surface area (Å²) in [5.74, 6) is -2.08. The lowest BCUT2D eigenvalue weighted by atomic mass is 9.84. The largest absolute Gasteiger partial charge is 0.481 e. The van der Waals surface area contributed by atoms with E-state index in [1.54, 1.807) is 0 Å². The monoisotopic (exact) mass is 301 g/mol. The van der Waals surface area contributed by atoms with Crippen LogP contribution in [0.5, 0.6) is 0 Å². The number of carboxylic acids is 1. The first-order valence-corrected chi connectivity index (χ1v) is 6.37. The van der Waals surface area contributed by atoms with Crippen LogP contribution in [0.4, 0.5) is 13.2 Å². The minimum Gasteiger partial charge on any atom is -0.481 e. The molecule has 1 fully saturated rings. The van der Waals surface area contributed by atoms with Gasteiger partial charge >= 0.3 is 12.1 Å². The third-order valence-electron chi connectivity index (χ3n) is 3.76. The third-order valence-corrected chi connectivity index (χ3v) is 3.76. The second kappa shape index (κ2) is 5.38. The van der Waals surface area contributed by atoms with Gasteiger partial charge in [0.1, 0.15) is 0 Å². The van der Waals surface area contributed by atoms with Gasteiger partial charge in [-0.1, -0.05) is 12.1 Å². The summed E-state index contributed by atoms with van der Waals surface area (Å²) in [5.41, 5.74) is -0.408. The van der Waals surface area contributed by atoms with Crippen LogP contribution in [0.2, 0.25) is 0 Å². The first kappa shape index (κ1) is 15.3. The second-order valence-electron chi connectivity index (χ2n) is 5.05. The number of rotatable bonds is 2. The third kappa shape index (κ3) is 3.01. The molecule has 0 saturated carbocycles. The standard InChI is InChI=1S/C14H14F3NO3/c1-18-11(19)7-6-10(13(20)21)12(18)8-2-4-9(5-3-8)14(15,16)17/h2-5,10,12H,6-7H2,1H3,(H,20,21)/t10-,12+/m0/s1. The van der Waals surface area contributed by atoms with E-state index in [-0.39, 0.29) is 18.7 Å². The Morgan fingerprint density at radius 1 is 1.29 bits per heavy atom. The fraction of sp³-hybridized carbons (Fsp3) is 0.429. The lowest BCUT2D eigenvalue weighted by Gasteiger charge is -2.37. The van der Waals surface area contributed by atoms with Gasteiger partial charge in [0.15, 0.2) is 0 Å². The van der Waals surface area contributed by atoms with Crippen LogP contribution < -0.4 is 0 Å². The van der Waals surface area contributed by atoms with E-state index in [2.05, 4.69) is 0 Å². The molecule has 2 rings (SSSR count). The highest BCUT2D eigenvalue weighted by molar-refractivity contribution is 5.81. The van der Waals surface area contributed by atoms with Crippen molar-refractivity contribution in [1.82, 2.24) is 4.90 Å². The van der Waals surface area contributed by atoms with Gasteiger partial charge in [-0.3, -0.25) is 9.59 Å². The zero-order valence-corrected chi connectivity index (χ0v) is 11.2. The summed E-state index contributed by atoms with van der Waals surface area (Å²) in [6, 6.07) is 3.53. The minimum atomic E-state index is -4.45. The zero-order valence-electron chi connectivity index (χ0n) is 11.2. The summed E-state index contributed by atoms with van der Waals surface area (Å²) in [6.07, 6.45) is -4.13. The lowest BCUT2D eigenvalue weighted by Crippen LogP contribution is -2.43. The molecule has 1 amide bonds. The molecule has 1 aromatic rings. The lowest BCUT2D eigenvalue weighted by molar-refractivity contribution is -0.151. The number of carboxylic acid groups (broad SMARTS) is 1. The molecule has 4 nitrogen and oxygen atoms in total. The van der Waals surface area contributed by atoms with Gasteiger partial charge in [-0.15, -0.1) is 0 Å². The van der Waals surface area contributed by atoms with Crippen LogP contribution in [0, 0.1) is 5.92 Å². The maximum absolute atomic E-state index is 12.5. The van der Waals surface area contributed by atoms with Crippen molar-refractivity contribution in [3.63, 3.8) is 0 Å². The molecule has 21 heavy (non-hydrogen) atoms. The number of carbonyl (C=O) groups is 2. The van der Waals surface area contributed by atoms with Gasteiger partial charge in [-0.25, -0.2) is 0 Å². The fourth-order valence-corrected chi connectivity index (χ4v) is 2.62. The number of carbonyl (C=O) groups excluding carboxylic acids is 1. The van der Waals surface area contributed by atoms with Crippen LogP contribution in [0.25, 0.3) is 0 Å². The van der Waals surface area contributed by atoms with Crippen LogP contribution in [0.3, 0.4) is 0 Å². The highest BCUT2D eigenvalue weighted by atomic mass is 19.4. The molecular weight excluding hydrogens is 287 g/mol. The predicted octanol–water partition coefficient (Wildman–Crippen LogP) is 2.70. The number of benzene rings is 1. The molecule has 0 aromatic heterocycles. The molecule has 0 bridgehead atoms. The Morgan fingerprint density at radius 2 is 1.86 bits per heavy atom. The van der Waals surface area contributed by atoms with E-state index in [9.17, 15) is 27.9 Å². The molecule has 0 unspecified atom stereocenters. The number of likely N-dealkylation sites (tertiary alicyclic amines) is 1. The Balaban J connectivity index is 2.36. The van der Waals surface area contributed by atoms with Crippen molar-refractivity contribution in [3.8, 4) is 0 Å². The number of amides is 1. The van der Waals surface area contributed by atoms with E-state index in [0.29, 0.717) is 5.56 Å². The molecule has 1 saturated heterocycles. The molecule has 1 heterocycles. The average Bonchev–Trinajstić information content (AvgIpc) is 2.40. The number of nitrogens with zero attached hydrogens (tertiary/aromatic N) is 1. The summed E-state index contributed by atoms with van der Waals surface area (Å²) >= 11 is 0. The van der Waals surface area contributed by atoms with E-state index in [4.69, 9.17) is 0 Å². The summed E-state index contributed by atoms with van der Waals surface area (Å²) in [6.45, 7) is 0. The predicted molar refractivity (Wildman–Crippen MR) is 67.3 cm³/mol. The molecular formula is C14H14F3NO3. The molecule has 0 radical (unpaired) electrons. The summed E-state index contributed by atoms with van der Waals surface area (Å²) in [4.78, 5) is 24.3. The van der Waals surface area contributed by atoms with Crippen LogP contribution in [0.1, 0.15) is 30.0 Å². The van der Waals surface area contributed by atoms with Gasteiger partial charge in [0.2, 0.25) is 5.91 Å². The van der Waals surface area contributed by atoms with Crippen molar-refractivity contribution in [1.29, 1.82) is 0 Å². The number of aliphatic carboxylic acids is 1. The molecule has 1 aliphatic heterocycles. The van der Waals surface area contributed by atoms with Crippen molar-refractivity contribution in [3.05, 3.63) is 35.4 Å². The number of piperidine rings is 1. The molecule has 0 aliphatic carbocycles. The van der Waals surface area contributed by atoms with Crippen LogP contribution >= 0.6 is 0 Å². The Bertz CT molecular complexity index is 554. The van der Waals surface area contributed by atoms with Gasteiger partial charge in [-0.05, 0) is 24.1 Å². The Morgan fingerprint density at radius 3 is 2.33 bits per heavy atom. The summed E-state index contributed by atoms with van der Waals surface area (Å²) < 4.78 is 37.6. The zero-order chi connectivity index (χ0) is 15.8. The number of halogens is 3. The molecule has 114 valence electrons. The maximum Gasteiger partial charge on any atom is 0.416 e. The molecule has 1 N–H and O–H groups in total. The SMILES string of the molecule is CN1C(=O)CC[C@H](C(=O)O)[C@H]1c1ccc(C(F)(F)F)cc1. The normalized spacial score (nSPS) is 23.2. The Labute approximate surface area is 119 Å². The summed E-state index contributed by atoms with van der Waals surface area (Å²) in [7, 11) is 1.47. The topological polar surface area (TPSA) is 57.6 Å². The van der Waals surface area contributed by atoms with Crippen molar-refractivity contribution in [2.24, 2.45) is 5.92 Å². The highest BCUT2D eigenvalue weighted by Crippen LogP contribution is 2.37. The number of alkyl halides is 3. The van der Waals surface area contributed by atoms with Gasteiger partial charge in [0.25, 0.3) is 0 Å². The van der Waals surface area contributed by atoms with Gasteiger partial charge in [0.05, 0.1) is 17.5 Å². The van der Waals surface area contributed by atoms with Crippen molar-refractivity contribution in [2.45, 2.75) is 25.1 Å². The quantitative estimate of drug-likeness (QED) is 0.913. The van der Waals surface area contributed by atoms with E-state index in [1.165, 1.54) is 24.1 Å². The van der Waals surface area contributed by atoms with Gasteiger partial charge < -0.3 is 10.0 Å². The maximum atomic E-state index is 12.5. The minimum absolute atomic E-state index is 0.130. The average molecular weight is 301 g/mol. The van der Waals surface area contributed by atoms with Crippen molar-refractivity contribution in [2.75, 3.05) is 7.05 Å². The molecule has 2 atom stereocenters. The Hall–Kier alpha value is -2.05. The van der Waals surface area contributed by atoms with Crippen molar-refractivity contribution < 1.29 is 27.9 Å². The number of hydrogen-bond donors (Lipinski definition) is 1. The molecule has 0 spiro atoms. The van der Waals surface area contributed by atoms with Crippen LogP contribution in [0.15, 0.2) is 24.3 Å². The van der Waals surface area contributed by atoms with Crippen LogP contribution in [-0.2, 0) is 15.8 Å². The van der Waals surface area contributed by atoms with E-state index >= 15 is 0 Å². The molecule has 7 heteroatoms. The number of hydrogen-bond acceptors (Lipinski definition) is 2. The smallest absolute Gasteiger partial charge is 0.416 e.